The molecule has 12 heavy (non-hydrogen) atoms. The summed E-state index contributed by atoms with van der Waals surface area (Å²) in [7, 11) is 0. The van der Waals surface area contributed by atoms with Gasteiger partial charge >= 0.3 is 0 Å². The lowest BCUT2D eigenvalue weighted by atomic mass is 10.3. The van der Waals surface area contributed by atoms with Gasteiger partial charge in [-0.05, 0) is 18.2 Å². The molecule has 0 aliphatic rings. The summed E-state index contributed by atoms with van der Waals surface area (Å²) in [5.41, 5.74) is 0.871. The van der Waals surface area contributed by atoms with Gasteiger partial charge in [0.05, 0.1) is 15.5 Å². The summed E-state index contributed by atoms with van der Waals surface area (Å²) in [6.07, 6.45) is 0. The Bertz CT molecular complexity index is 412. The molecule has 1 aromatic heterocycles. The van der Waals surface area contributed by atoms with Crippen molar-refractivity contribution in [3.63, 3.8) is 0 Å². The van der Waals surface area contributed by atoms with Crippen LogP contribution in [0, 0.1) is 5.82 Å². The Kier molecular flexibility index (Phi) is 2.11. The van der Waals surface area contributed by atoms with Gasteiger partial charge in [0.15, 0.2) is 0 Å². The molecule has 0 fully saturated rings. The SMILES string of the molecule is Fc1ccc2nc(CBr)sc2c1. The summed E-state index contributed by atoms with van der Waals surface area (Å²) in [6, 6.07) is 4.65. The highest BCUT2D eigenvalue weighted by molar-refractivity contribution is 9.08. The van der Waals surface area contributed by atoms with Crippen molar-refractivity contribution in [3.8, 4) is 0 Å². The molecule has 2 aromatic rings. The number of nitrogens with zero attached hydrogens (tertiary/aromatic N) is 1. The maximum atomic E-state index is 12.7. The largest absolute Gasteiger partial charge is 0.240 e. The molecule has 0 radical (unpaired) electrons. The van der Waals surface area contributed by atoms with Crippen LogP contribution in [0.3, 0.4) is 0 Å². The van der Waals surface area contributed by atoms with Crippen molar-refractivity contribution in [3.05, 3.63) is 29.0 Å². The number of hydrogen-bond acceptors (Lipinski definition) is 2. The first kappa shape index (κ1) is 8.13. The smallest absolute Gasteiger partial charge is 0.124 e. The normalized spacial score (nSPS) is 10.8. The third-order valence-electron chi connectivity index (χ3n) is 1.51. The number of aromatic nitrogens is 1. The van der Waals surface area contributed by atoms with E-state index in [0.717, 1.165) is 20.6 Å². The fourth-order valence-corrected chi connectivity index (χ4v) is 2.31. The molecule has 4 heteroatoms. The zero-order chi connectivity index (χ0) is 8.55. The van der Waals surface area contributed by atoms with Crippen LogP contribution in [0.4, 0.5) is 4.39 Å². The number of hydrogen-bond donors (Lipinski definition) is 0. The average Bonchev–Trinajstić information content (AvgIpc) is 2.46. The number of halogens is 2. The number of fused-ring (bicyclic) bond motifs is 1. The summed E-state index contributed by atoms with van der Waals surface area (Å²) in [5, 5.41) is 1.71. The van der Waals surface area contributed by atoms with Crippen LogP contribution in [0.25, 0.3) is 10.2 Å². The molecule has 0 N–H and O–H groups in total. The van der Waals surface area contributed by atoms with Crippen molar-refractivity contribution >= 4 is 37.5 Å². The van der Waals surface area contributed by atoms with Crippen LogP contribution < -0.4 is 0 Å². The Morgan fingerprint density at radius 3 is 3.08 bits per heavy atom. The summed E-state index contributed by atoms with van der Waals surface area (Å²) in [6.45, 7) is 0. The molecule has 0 aliphatic heterocycles. The molecule has 1 nitrogen and oxygen atoms in total. The van der Waals surface area contributed by atoms with Crippen LogP contribution in [-0.4, -0.2) is 4.98 Å². The van der Waals surface area contributed by atoms with E-state index in [-0.39, 0.29) is 5.82 Å². The minimum absolute atomic E-state index is 0.202. The van der Waals surface area contributed by atoms with Gasteiger partial charge in [0.2, 0.25) is 0 Å². The van der Waals surface area contributed by atoms with Gasteiger partial charge in [-0.3, -0.25) is 0 Å². The number of thiazole rings is 1. The van der Waals surface area contributed by atoms with Crippen molar-refractivity contribution in [2.45, 2.75) is 5.33 Å². The molecular weight excluding hydrogens is 241 g/mol. The molecule has 0 atom stereocenters. The van der Waals surface area contributed by atoms with Gasteiger partial charge < -0.3 is 0 Å². The van der Waals surface area contributed by atoms with Gasteiger partial charge in [-0.25, -0.2) is 9.37 Å². The van der Waals surface area contributed by atoms with Gasteiger partial charge in [-0.2, -0.15) is 0 Å². The van der Waals surface area contributed by atoms with Crippen LogP contribution >= 0.6 is 27.3 Å². The van der Waals surface area contributed by atoms with Crippen LogP contribution in [0.1, 0.15) is 5.01 Å². The maximum absolute atomic E-state index is 12.7. The fourth-order valence-electron chi connectivity index (χ4n) is 1.00. The van der Waals surface area contributed by atoms with Gasteiger partial charge in [-0.15, -0.1) is 11.3 Å². The third kappa shape index (κ3) is 1.36. The van der Waals surface area contributed by atoms with Gasteiger partial charge in [0.1, 0.15) is 10.8 Å². The van der Waals surface area contributed by atoms with Crippen molar-refractivity contribution in [2.24, 2.45) is 0 Å². The van der Waals surface area contributed by atoms with E-state index < -0.39 is 0 Å². The molecule has 0 spiro atoms. The Labute approximate surface area is 81.4 Å². The second kappa shape index (κ2) is 3.11. The Morgan fingerprint density at radius 1 is 1.50 bits per heavy atom. The Hall–Kier alpha value is -0.480. The number of alkyl halides is 1. The van der Waals surface area contributed by atoms with Crippen LogP contribution in [0.2, 0.25) is 0 Å². The predicted molar refractivity (Wildman–Crippen MR) is 52.2 cm³/mol. The van der Waals surface area contributed by atoms with Crippen LogP contribution in [0.15, 0.2) is 18.2 Å². The van der Waals surface area contributed by atoms with Crippen molar-refractivity contribution < 1.29 is 4.39 Å². The lowest BCUT2D eigenvalue weighted by Gasteiger charge is -1.85. The molecule has 1 aromatic carbocycles. The van der Waals surface area contributed by atoms with E-state index in [1.54, 1.807) is 6.07 Å². The lowest BCUT2D eigenvalue weighted by Crippen LogP contribution is -1.72. The zero-order valence-corrected chi connectivity index (χ0v) is 8.45. The average molecular weight is 246 g/mol. The molecule has 0 saturated carbocycles. The molecule has 0 unspecified atom stereocenters. The van der Waals surface area contributed by atoms with E-state index in [1.807, 2.05) is 0 Å². The molecule has 0 amide bonds. The van der Waals surface area contributed by atoms with E-state index in [1.165, 1.54) is 23.5 Å². The first-order chi connectivity index (χ1) is 5.79. The van der Waals surface area contributed by atoms with Crippen molar-refractivity contribution in [2.75, 3.05) is 0 Å². The standard InChI is InChI=1S/C8H5BrFNS/c9-4-8-11-6-2-1-5(10)3-7(6)12-8/h1-3H,4H2. The monoisotopic (exact) mass is 245 g/mol. The summed E-state index contributed by atoms with van der Waals surface area (Å²) in [5.74, 6) is -0.202. The quantitative estimate of drug-likeness (QED) is 0.703. The molecule has 1 heterocycles. The minimum atomic E-state index is -0.202. The van der Waals surface area contributed by atoms with Crippen molar-refractivity contribution in [1.29, 1.82) is 0 Å². The molecule has 2 rings (SSSR count). The molecule has 0 aliphatic carbocycles. The van der Waals surface area contributed by atoms with Gasteiger partial charge in [-0.1, -0.05) is 15.9 Å². The van der Waals surface area contributed by atoms with Crippen LogP contribution in [-0.2, 0) is 5.33 Å². The third-order valence-corrected chi connectivity index (χ3v) is 3.43. The summed E-state index contributed by atoms with van der Waals surface area (Å²) >= 11 is 4.82. The van der Waals surface area contributed by atoms with E-state index in [4.69, 9.17) is 0 Å². The minimum Gasteiger partial charge on any atom is -0.240 e. The number of benzene rings is 1. The summed E-state index contributed by atoms with van der Waals surface area (Å²) in [4.78, 5) is 4.28. The van der Waals surface area contributed by atoms with Gasteiger partial charge in [0.25, 0.3) is 0 Å². The first-order valence-corrected chi connectivity index (χ1v) is 5.34. The highest BCUT2D eigenvalue weighted by Crippen LogP contribution is 2.23. The van der Waals surface area contributed by atoms with Crippen molar-refractivity contribution in [1.82, 2.24) is 4.98 Å². The van der Waals surface area contributed by atoms with E-state index in [0.29, 0.717) is 0 Å². The highest BCUT2D eigenvalue weighted by Gasteiger charge is 2.02. The highest BCUT2D eigenvalue weighted by atomic mass is 79.9. The lowest BCUT2D eigenvalue weighted by molar-refractivity contribution is 0.630. The Balaban J connectivity index is 2.67. The molecular formula is C8H5BrFNS. The fraction of sp³-hybridized carbons (Fsp3) is 0.125. The molecule has 0 bridgehead atoms. The Morgan fingerprint density at radius 2 is 2.33 bits per heavy atom. The molecule has 62 valence electrons. The van der Waals surface area contributed by atoms with E-state index >= 15 is 0 Å². The van der Waals surface area contributed by atoms with E-state index in [2.05, 4.69) is 20.9 Å². The van der Waals surface area contributed by atoms with Gasteiger partial charge in [0, 0.05) is 0 Å². The van der Waals surface area contributed by atoms with E-state index in [9.17, 15) is 4.39 Å². The first-order valence-electron chi connectivity index (χ1n) is 3.40. The topological polar surface area (TPSA) is 12.9 Å². The zero-order valence-electron chi connectivity index (χ0n) is 6.05. The van der Waals surface area contributed by atoms with Crippen LogP contribution in [0.5, 0.6) is 0 Å². The summed E-state index contributed by atoms with van der Waals surface area (Å²) < 4.78 is 13.6. The molecule has 0 saturated heterocycles. The predicted octanol–water partition coefficient (Wildman–Crippen LogP) is 3.33. The second-order valence-electron chi connectivity index (χ2n) is 2.35. The maximum Gasteiger partial charge on any atom is 0.124 e. The number of rotatable bonds is 1. The second-order valence-corrected chi connectivity index (χ2v) is 4.03.